The second-order valence-electron chi connectivity index (χ2n) is 6.15. The monoisotopic (exact) mass is 332 g/mol. The van der Waals surface area contributed by atoms with Crippen molar-refractivity contribution in [3.63, 3.8) is 0 Å². The van der Waals surface area contributed by atoms with Crippen molar-refractivity contribution >= 4 is 17.7 Å². The number of rotatable bonds is 7. The standard InChI is InChI=1S/C16H24N6O2/c1-12(2)11-13(15(18)23)22(6-4-17)16-19-5-3-14(20-16)21-7-9-24-10-8-21/h3,5,12-13H,6-11H2,1-2H3,(H2,18,23)/t13-/m0/s1. The lowest BCUT2D eigenvalue weighted by molar-refractivity contribution is -0.119. The zero-order chi connectivity index (χ0) is 17.5. The molecule has 2 heterocycles. The van der Waals surface area contributed by atoms with Gasteiger partial charge in [-0.15, -0.1) is 0 Å². The van der Waals surface area contributed by atoms with E-state index in [9.17, 15) is 4.79 Å². The number of nitrogens with zero attached hydrogens (tertiary/aromatic N) is 5. The van der Waals surface area contributed by atoms with E-state index in [1.807, 2.05) is 19.9 Å². The van der Waals surface area contributed by atoms with Gasteiger partial charge in [0.05, 0.1) is 19.3 Å². The molecule has 0 bridgehead atoms. The van der Waals surface area contributed by atoms with Gasteiger partial charge in [-0.3, -0.25) is 4.79 Å². The van der Waals surface area contributed by atoms with Gasteiger partial charge in [-0.2, -0.15) is 10.2 Å². The first-order valence-corrected chi connectivity index (χ1v) is 8.11. The summed E-state index contributed by atoms with van der Waals surface area (Å²) >= 11 is 0. The van der Waals surface area contributed by atoms with Crippen LogP contribution < -0.4 is 15.5 Å². The molecule has 0 aromatic carbocycles. The van der Waals surface area contributed by atoms with E-state index in [0.717, 1.165) is 18.9 Å². The van der Waals surface area contributed by atoms with Crippen molar-refractivity contribution < 1.29 is 9.53 Å². The third kappa shape index (κ3) is 4.55. The highest BCUT2D eigenvalue weighted by molar-refractivity contribution is 5.83. The van der Waals surface area contributed by atoms with Gasteiger partial charge in [0.25, 0.3) is 0 Å². The lowest BCUT2D eigenvalue weighted by Crippen LogP contribution is -2.47. The molecule has 0 saturated carbocycles. The van der Waals surface area contributed by atoms with Crippen molar-refractivity contribution in [1.29, 1.82) is 5.26 Å². The molecule has 1 aliphatic rings. The first-order valence-electron chi connectivity index (χ1n) is 8.11. The summed E-state index contributed by atoms with van der Waals surface area (Å²) in [5, 5.41) is 9.15. The molecular formula is C16H24N6O2. The largest absolute Gasteiger partial charge is 0.378 e. The van der Waals surface area contributed by atoms with Crippen LogP contribution >= 0.6 is 0 Å². The Morgan fingerprint density at radius 3 is 2.79 bits per heavy atom. The molecule has 1 aromatic rings. The van der Waals surface area contributed by atoms with E-state index in [1.54, 1.807) is 11.1 Å². The van der Waals surface area contributed by atoms with Crippen LogP contribution in [-0.4, -0.2) is 54.8 Å². The molecule has 1 aliphatic heterocycles. The van der Waals surface area contributed by atoms with E-state index in [0.29, 0.717) is 25.6 Å². The fraction of sp³-hybridized carbons (Fsp3) is 0.625. The summed E-state index contributed by atoms with van der Waals surface area (Å²) in [5.41, 5.74) is 5.56. The highest BCUT2D eigenvalue weighted by atomic mass is 16.5. The molecule has 1 aromatic heterocycles. The van der Waals surface area contributed by atoms with Gasteiger partial charge in [-0.05, 0) is 18.4 Å². The Morgan fingerprint density at radius 1 is 1.50 bits per heavy atom. The van der Waals surface area contributed by atoms with Crippen molar-refractivity contribution in [1.82, 2.24) is 9.97 Å². The van der Waals surface area contributed by atoms with Gasteiger partial charge in [-0.25, -0.2) is 4.98 Å². The summed E-state index contributed by atoms with van der Waals surface area (Å²) in [5.74, 6) is 0.898. The number of nitrogens with two attached hydrogens (primary N) is 1. The van der Waals surface area contributed by atoms with E-state index in [4.69, 9.17) is 15.7 Å². The molecule has 1 saturated heterocycles. The maximum absolute atomic E-state index is 11.9. The van der Waals surface area contributed by atoms with E-state index in [-0.39, 0.29) is 12.5 Å². The topological polar surface area (TPSA) is 108 Å². The molecular weight excluding hydrogens is 308 g/mol. The number of primary amides is 1. The highest BCUT2D eigenvalue weighted by Gasteiger charge is 2.27. The zero-order valence-corrected chi connectivity index (χ0v) is 14.2. The molecule has 1 fully saturated rings. The first-order chi connectivity index (χ1) is 11.5. The number of carbonyl (C=O) groups is 1. The minimum absolute atomic E-state index is 0.00684. The van der Waals surface area contributed by atoms with Crippen LogP contribution in [0.4, 0.5) is 11.8 Å². The summed E-state index contributed by atoms with van der Waals surface area (Å²) in [6.07, 6.45) is 2.19. The molecule has 0 unspecified atom stereocenters. The second-order valence-corrected chi connectivity index (χ2v) is 6.15. The number of hydrogen-bond acceptors (Lipinski definition) is 7. The lowest BCUT2D eigenvalue weighted by atomic mass is 10.0. The van der Waals surface area contributed by atoms with Crippen LogP contribution in [0.2, 0.25) is 0 Å². The average molecular weight is 332 g/mol. The van der Waals surface area contributed by atoms with Crippen molar-refractivity contribution in [3.8, 4) is 6.07 Å². The number of ether oxygens (including phenoxy) is 1. The van der Waals surface area contributed by atoms with E-state index in [2.05, 4.69) is 20.9 Å². The molecule has 24 heavy (non-hydrogen) atoms. The van der Waals surface area contributed by atoms with Crippen LogP contribution in [-0.2, 0) is 9.53 Å². The Bertz CT molecular complexity index is 594. The summed E-state index contributed by atoms with van der Waals surface area (Å²) in [4.78, 5) is 24.4. The number of nitriles is 1. The van der Waals surface area contributed by atoms with E-state index >= 15 is 0 Å². The Morgan fingerprint density at radius 2 is 2.21 bits per heavy atom. The Balaban J connectivity index is 2.29. The first kappa shape index (κ1) is 17.9. The van der Waals surface area contributed by atoms with E-state index in [1.165, 1.54) is 0 Å². The number of amides is 1. The van der Waals surface area contributed by atoms with Crippen LogP contribution in [0, 0.1) is 17.2 Å². The van der Waals surface area contributed by atoms with E-state index < -0.39 is 11.9 Å². The quantitative estimate of drug-likeness (QED) is 0.726. The van der Waals surface area contributed by atoms with Crippen molar-refractivity contribution in [2.24, 2.45) is 11.7 Å². The van der Waals surface area contributed by atoms with Gasteiger partial charge >= 0.3 is 0 Å². The number of carbonyl (C=O) groups excluding carboxylic acids is 1. The average Bonchev–Trinajstić information content (AvgIpc) is 2.58. The van der Waals surface area contributed by atoms with Crippen LogP contribution in [0.5, 0.6) is 0 Å². The van der Waals surface area contributed by atoms with Crippen LogP contribution in [0.1, 0.15) is 20.3 Å². The maximum Gasteiger partial charge on any atom is 0.240 e. The molecule has 1 atom stereocenters. The number of hydrogen-bond donors (Lipinski definition) is 1. The molecule has 8 nitrogen and oxygen atoms in total. The predicted octanol–water partition coefficient (Wildman–Crippen LogP) is 0.543. The Kier molecular flexibility index (Phi) is 6.32. The molecule has 130 valence electrons. The molecule has 1 amide bonds. The highest BCUT2D eigenvalue weighted by Crippen LogP contribution is 2.20. The zero-order valence-electron chi connectivity index (χ0n) is 14.2. The van der Waals surface area contributed by atoms with Crippen LogP contribution in [0.25, 0.3) is 0 Å². The summed E-state index contributed by atoms with van der Waals surface area (Å²) < 4.78 is 5.35. The number of morpholine rings is 1. The lowest BCUT2D eigenvalue weighted by Gasteiger charge is -2.31. The Hall–Kier alpha value is -2.40. The van der Waals surface area contributed by atoms with Crippen LogP contribution in [0.3, 0.4) is 0 Å². The minimum atomic E-state index is -0.607. The third-order valence-corrected chi connectivity index (χ3v) is 3.86. The molecule has 2 N–H and O–H groups in total. The summed E-state index contributed by atoms with van der Waals surface area (Å²) in [7, 11) is 0. The van der Waals surface area contributed by atoms with Gasteiger partial charge in [0.15, 0.2) is 0 Å². The summed E-state index contributed by atoms with van der Waals surface area (Å²) in [6.45, 7) is 6.82. The van der Waals surface area contributed by atoms with Gasteiger partial charge in [-0.1, -0.05) is 13.8 Å². The number of anilines is 2. The molecule has 2 rings (SSSR count). The molecule has 0 radical (unpaired) electrons. The molecule has 8 heteroatoms. The Labute approximate surface area is 142 Å². The number of aromatic nitrogens is 2. The fourth-order valence-corrected chi connectivity index (χ4v) is 2.69. The third-order valence-electron chi connectivity index (χ3n) is 3.86. The van der Waals surface area contributed by atoms with Gasteiger partial charge in [0.1, 0.15) is 18.4 Å². The smallest absolute Gasteiger partial charge is 0.240 e. The predicted molar refractivity (Wildman–Crippen MR) is 90.5 cm³/mol. The van der Waals surface area contributed by atoms with Crippen molar-refractivity contribution in [2.45, 2.75) is 26.3 Å². The summed E-state index contributed by atoms with van der Waals surface area (Å²) in [6, 6.07) is 3.29. The van der Waals surface area contributed by atoms with Gasteiger partial charge in [0.2, 0.25) is 11.9 Å². The van der Waals surface area contributed by atoms with Crippen LogP contribution in [0.15, 0.2) is 12.3 Å². The molecule has 0 aliphatic carbocycles. The SMILES string of the molecule is CC(C)C[C@@H](C(N)=O)N(CC#N)c1nccc(N2CCOCC2)n1. The van der Waals surface area contributed by atoms with Crippen molar-refractivity contribution in [2.75, 3.05) is 42.6 Å². The second kappa shape index (κ2) is 8.45. The maximum atomic E-state index is 11.9. The molecule has 0 spiro atoms. The van der Waals surface area contributed by atoms with Gasteiger partial charge in [0, 0.05) is 19.3 Å². The van der Waals surface area contributed by atoms with Gasteiger partial charge < -0.3 is 20.3 Å². The van der Waals surface area contributed by atoms with Crippen molar-refractivity contribution in [3.05, 3.63) is 12.3 Å². The normalized spacial score (nSPS) is 15.8. The minimum Gasteiger partial charge on any atom is -0.378 e. The fourth-order valence-electron chi connectivity index (χ4n) is 2.69.